The SMILES string of the molecule is CC(C)NCc1sc2cc(F)ccc2c1C1CC1. The zero-order chi connectivity index (χ0) is 12.7. The minimum absolute atomic E-state index is 0.130. The first-order valence-electron chi connectivity index (χ1n) is 6.59. The van der Waals surface area contributed by atoms with Crippen molar-refractivity contribution in [2.45, 2.75) is 45.2 Å². The summed E-state index contributed by atoms with van der Waals surface area (Å²) < 4.78 is 14.4. The third kappa shape index (κ3) is 2.29. The number of rotatable bonds is 4. The van der Waals surface area contributed by atoms with Gasteiger partial charge in [-0.2, -0.15) is 0 Å². The van der Waals surface area contributed by atoms with Crippen molar-refractivity contribution in [3.05, 3.63) is 34.5 Å². The van der Waals surface area contributed by atoms with Crippen LogP contribution in [0.4, 0.5) is 4.39 Å². The van der Waals surface area contributed by atoms with Gasteiger partial charge in [0, 0.05) is 22.2 Å². The highest BCUT2D eigenvalue weighted by atomic mass is 32.1. The van der Waals surface area contributed by atoms with Gasteiger partial charge in [0.1, 0.15) is 5.82 Å². The number of halogens is 1. The van der Waals surface area contributed by atoms with Crippen LogP contribution in [0.5, 0.6) is 0 Å². The summed E-state index contributed by atoms with van der Waals surface area (Å²) in [5.41, 5.74) is 1.48. The maximum absolute atomic E-state index is 13.3. The minimum atomic E-state index is -0.130. The van der Waals surface area contributed by atoms with Gasteiger partial charge in [0.2, 0.25) is 0 Å². The average molecular weight is 263 g/mol. The normalized spacial score (nSPS) is 15.8. The molecule has 3 heteroatoms. The topological polar surface area (TPSA) is 12.0 Å². The molecule has 96 valence electrons. The predicted octanol–water partition coefficient (Wildman–Crippen LogP) is 4.42. The van der Waals surface area contributed by atoms with E-state index in [1.54, 1.807) is 23.5 Å². The molecule has 0 saturated heterocycles. The van der Waals surface area contributed by atoms with Crippen LogP contribution in [-0.2, 0) is 6.54 Å². The second-order valence-corrected chi connectivity index (χ2v) is 6.53. The van der Waals surface area contributed by atoms with Gasteiger partial charge in [-0.3, -0.25) is 0 Å². The molecule has 0 bridgehead atoms. The van der Waals surface area contributed by atoms with E-state index in [-0.39, 0.29) is 5.82 Å². The highest BCUT2D eigenvalue weighted by Gasteiger charge is 2.29. The summed E-state index contributed by atoms with van der Waals surface area (Å²) in [6.07, 6.45) is 2.58. The lowest BCUT2D eigenvalue weighted by atomic mass is 10.1. The Kier molecular flexibility index (Phi) is 3.12. The molecule has 1 aromatic carbocycles. The molecule has 1 aliphatic carbocycles. The maximum Gasteiger partial charge on any atom is 0.124 e. The van der Waals surface area contributed by atoms with Crippen molar-refractivity contribution in [2.75, 3.05) is 0 Å². The van der Waals surface area contributed by atoms with Gasteiger partial charge in [-0.15, -0.1) is 11.3 Å². The van der Waals surface area contributed by atoms with Crippen molar-refractivity contribution in [1.82, 2.24) is 5.32 Å². The largest absolute Gasteiger partial charge is 0.310 e. The van der Waals surface area contributed by atoms with Gasteiger partial charge in [0.25, 0.3) is 0 Å². The molecule has 3 rings (SSSR count). The van der Waals surface area contributed by atoms with E-state index in [1.165, 1.54) is 28.7 Å². The molecule has 0 spiro atoms. The number of fused-ring (bicyclic) bond motifs is 1. The number of hydrogen-bond donors (Lipinski definition) is 1. The Bertz CT molecular complexity index is 569. The molecule has 1 fully saturated rings. The van der Waals surface area contributed by atoms with Crippen LogP contribution in [0.1, 0.15) is 43.0 Å². The van der Waals surface area contributed by atoms with Gasteiger partial charge in [-0.25, -0.2) is 4.39 Å². The molecule has 18 heavy (non-hydrogen) atoms. The molecule has 1 aromatic heterocycles. The maximum atomic E-state index is 13.3. The summed E-state index contributed by atoms with van der Waals surface area (Å²) in [6, 6.07) is 5.69. The molecule has 1 nitrogen and oxygen atoms in total. The smallest absolute Gasteiger partial charge is 0.124 e. The van der Waals surface area contributed by atoms with Crippen LogP contribution < -0.4 is 5.32 Å². The van der Waals surface area contributed by atoms with Crippen molar-refractivity contribution in [3.8, 4) is 0 Å². The molecule has 0 aliphatic heterocycles. The van der Waals surface area contributed by atoms with Gasteiger partial charge in [0.05, 0.1) is 0 Å². The molecule has 0 amide bonds. The Labute approximate surface area is 111 Å². The van der Waals surface area contributed by atoms with E-state index in [4.69, 9.17) is 0 Å². The summed E-state index contributed by atoms with van der Waals surface area (Å²) >= 11 is 1.75. The van der Waals surface area contributed by atoms with E-state index in [9.17, 15) is 4.39 Å². The first kappa shape index (κ1) is 12.1. The summed E-state index contributed by atoms with van der Waals surface area (Å²) in [4.78, 5) is 1.40. The molecule has 2 aromatic rings. The summed E-state index contributed by atoms with van der Waals surface area (Å²) in [5, 5.41) is 4.75. The van der Waals surface area contributed by atoms with E-state index in [1.807, 2.05) is 6.07 Å². The molecule has 1 N–H and O–H groups in total. The zero-order valence-electron chi connectivity index (χ0n) is 10.8. The molecule has 1 saturated carbocycles. The first-order chi connectivity index (χ1) is 8.65. The van der Waals surface area contributed by atoms with Gasteiger partial charge >= 0.3 is 0 Å². The van der Waals surface area contributed by atoms with Crippen LogP contribution >= 0.6 is 11.3 Å². The Hall–Kier alpha value is -0.930. The van der Waals surface area contributed by atoms with E-state index in [2.05, 4.69) is 19.2 Å². The van der Waals surface area contributed by atoms with Crippen molar-refractivity contribution < 1.29 is 4.39 Å². The number of nitrogens with one attached hydrogen (secondary N) is 1. The quantitative estimate of drug-likeness (QED) is 0.861. The zero-order valence-corrected chi connectivity index (χ0v) is 11.6. The van der Waals surface area contributed by atoms with Crippen molar-refractivity contribution in [2.24, 2.45) is 0 Å². The molecular weight excluding hydrogens is 245 g/mol. The monoisotopic (exact) mass is 263 g/mol. The van der Waals surface area contributed by atoms with Gasteiger partial charge < -0.3 is 5.32 Å². The number of hydrogen-bond acceptors (Lipinski definition) is 2. The number of benzene rings is 1. The van der Waals surface area contributed by atoms with Crippen LogP contribution in [-0.4, -0.2) is 6.04 Å². The van der Waals surface area contributed by atoms with Gasteiger partial charge in [-0.05, 0) is 41.8 Å². The standard InChI is InChI=1S/C15H18FNS/c1-9(2)17-8-14-15(10-3-4-10)12-6-5-11(16)7-13(12)18-14/h5-7,9-10,17H,3-4,8H2,1-2H3. The lowest BCUT2D eigenvalue weighted by molar-refractivity contribution is 0.591. The highest BCUT2D eigenvalue weighted by Crippen LogP contribution is 2.48. The Morgan fingerprint density at radius 2 is 2.17 bits per heavy atom. The molecule has 1 heterocycles. The van der Waals surface area contributed by atoms with E-state index in [0.29, 0.717) is 12.0 Å². The lowest BCUT2D eigenvalue weighted by Crippen LogP contribution is -2.21. The third-order valence-corrected chi connectivity index (χ3v) is 4.59. The van der Waals surface area contributed by atoms with Gasteiger partial charge in [-0.1, -0.05) is 19.9 Å². The van der Waals surface area contributed by atoms with Crippen molar-refractivity contribution in [3.63, 3.8) is 0 Å². The number of thiophene rings is 1. The fraction of sp³-hybridized carbons (Fsp3) is 0.467. The second kappa shape index (κ2) is 4.63. The Morgan fingerprint density at radius 1 is 1.39 bits per heavy atom. The fourth-order valence-electron chi connectivity index (χ4n) is 2.39. The summed E-state index contributed by atoms with van der Waals surface area (Å²) in [6.45, 7) is 5.22. The molecular formula is C15H18FNS. The van der Waals surface area contributed by atoms with Crippen LogP contribution in [0.3, 0.4) is 0 Å². The van der Waals surface area contributed by atoms with Gasteiger partial charge in [0.15, 0.2) is 0 Å². The second-order valence-electron chi connectivity index (χ2n) is 5.39. The Morgan fingerprint density at radius 3 is 2.83 bits per heavy atom. The molecule has 1 aliphatic rings. The van der Waals surface area contributed by atoms with E-state index >= 15 is 0 Å². The summed E-state index contributed by atoms with van der Waals surface area (Å²) in [5.74, 6) is 0.586. The van der Waals surface area contributed by atoms with Crippen LogP contribution in [0, 0.1) is 5.82 Å². The third-order valence-electron chi connectivity index (χ3n) is 3.42. The summed E-state index contributed by atoms with van der Waals surface area (Å²) in [7, 11) is 0. The molecule has 0 atom stereocenters. The van der Waals surface area contributed by atoms with Crippen LogP contribution in [0.25, 0.3) is 10.1 Å². The molecule has 0 radical (unpaired) electrons. The lowest BCUT2D eigenvalue weighted by Gasteiger charge is -2.08. The van der Waals surface area contributed by atoms with Crippen molar-refractivity contribution >= 4 is 21.4 Å². The highest BCUT2D eigenvalue weighted by molar-refractivity contribution is 7.19. The minimum Gasteiger partial charge on any atom is -0.310 e. The average Bonchev–Trinajstić information content (AvgIpc) is 3.08. The Balaban J connectivity index is 2.03. The van der Waals surface area contributed by atoms with E-state index < -0.39 is 0 Å². The fourth-order valence-corrected chi connectivity index (χ4v) is 3.66. The molecule has 0 unspecified atom stereocenters. The van der Waals surface area contributed by atoms with Crippen molar-refractivity contribution in [1.29, 1.82) is 0 Å². The van der Waals surface area contributed by atoms with Crippen LogP contribution in [0.2, 0.25) is 0 Å². The first-order valence-corrected chi connectivity index (χ1v) is 7.41. The van der Waals surface area contributed by atoms with E-state index in [0.717, 1.165) is 11.2 Å². The van der Waals surface area contributed by atoms with Crippen LogP contribution in [0.15, 0.2) is 18.2 Å². The predicted molar refractivity (Wildman–Crippen MR) is 75.7 cm³/mol.